The summed E-state index contributed by atoms with van der Waals surface area (Å²) in [6.45, 7) is 21.0. The maximum Gasteiger partial charge on any atom is 0.420 e. The number of carbonyl (C=O) groups is 2. The molecule has 14 heteroatoms. The van der Waals surface area contributed by atoms with Gasteiger partial charge in [-0.2, -0.15) is 0 Å². The van der Waals surface area contributed by atoms with E-state index in [4.69, 9.17) is 14.2 Å². The second-order valence-electron chi connectivity index (χ2n) is 16.7. The first kappa shape index (κ1) is 37.1. The molecule has 5 heterocycles. The lowest BCUT2D eigenvalue weighted by Gasteiger charge is -2.43. The Morgan fingerprint density at radius 1 is 0.902 bits per heavy atom. The van der Waals surface area contributed by atoms with E-state index < -0.39 is 33.2 Å². The Morgan fingerprint density at radius 3 is 2.14 bits per heavy atom. The van der Waals surface area contributed by atoms with Crippen molar-refractivity contribution >= 4 is 39.3 Å². The molecule has 280 valence electrons. The number of anilines is 3. The minimum atomic E-state index is -3.12. The van der Waals surface area contributed by atoms with Crippen molar-refractivity contribution in [3.63, 3.8) is 0 Å². The standard InChI is InChI=1S/C37H54N6O7S/c1-24-20-27(26-10-13-42(14-11-26)37(9)12-15-41(22-37)33(44)49-35(3,4)5)21-28-30(24)48-25(2)29-31(40-16-18-51(46,47)19-17-40)38-23-39-32(29)43(28)34(45)50-36(6,7)8/h20-21,23,25-26H,10-19,22H2,1-9H3/t25-,37-/m1/s1. The van der Waals surface area contributed by atoms with Crippen molar-refractivity contribution in [2.75, 3.05) is 60.6 Å². The average Bonchev–Trinajstić information content (AvgIpc) is 3.38. The first-order valence-electron chi connectivity index (χ1n) is 18.1. The van der Waals surface area contributed by atoms with Gasteiger partial charge in [-0.1, -0.05) is 6.07 Å². The third kappa shape index (κ3) is 7.91. The van der Waals surface area contributed by atoms with Gasteiger partial charge in [0.15, 0.2) is 15.7 Å². The van der Waals surface area contributed by atoms with Gasteiger partial charge in [0.1, 0.15) is 35.2 Å². The predicted molar refractivity (Wildman–Crippen MR) is 196 cm³/mol. The fourth-order valence-electron chi connectivity index (χ4n) is 7.71. The Morgan fingerprint density at radius 2 is 1.51 bits per heavy atom. The topological polar surface area (TPSA) is 135 Å². The summed E-state index contributed by atoms with van der Waals surface area (Å²) in [6, 6.07) is 4.21. The van der Waals surface area contributed by atoms with Crippen LogP contribution in [0.5, 0.6) is 5.75 Å². The van der Waals surface area contributed by atoms with Crippen LogP contribution >= 0.6 is 0 Å². The summed E-state index contributed by atoms with van der Waals surface area (Å²) >= 11 is 0. The Kier molecular flexibility index (Phi) is 9.75. The fraction of sp³-hybridized carbons (Fsp3) is 0.676. The van der Waals surface area contributed by atoms with E-state index in [0.717, 1.165) is 43.5 Å². The van der Waals surface area contributed by atoms with E-state index in [1.807, 2.05) is 71.3 Å². The number of likely N-dealkylation sites (tertiary alicyclic amines) is 2. The number of ether oxygens (including phenoxy) is 3. The zero-order chi connectivity index (χ0) is 37.1. The Bertz CT molecular complexity index is 1770. The molecule has 2 aromatic rings. The molecular weight excluding hydrogens is 673 g/mol. The Hall–Kier alpha value is -3.65. The minimum Gasteiger partial charge on any atom is -0.483 e. The Labute approximate surface area is 302 Å². The number of rotatable bonds is 3. The van der Waals surface area contributed by atoms with Gasteiger partial charge in [-0.3, -0.25) is 4.90 Å². The predicted octanol–water partition coefficient (Wildman–Crippen LogP) is 6.13. The molecule has 0 saturated carbocycles. The fourth-order valence-corrected chi connectivity index (χ4v) is 8.91. The molecule has 3 saturated heterocycles. The molecule has 0 unspecified atom stereocenters. The molecule has 13 nitrogen and oxygen atoms in total. The van der Waals surface area contributed by atoms with Gasteiger partial charge in [-0.05, 0) is 118 Å². The highest BCUT2D eigenvalue weighted by molar-refractivity contribution is 7.91. The van der Waals surface area contributed by atoms with Crippen LogP contribution in [-0.2, 0) is 19.3 Å². The SMILES string of the molecule is Cc1cc(C2CCN([C@]3(C)CCN(C(=O)OC(C)(C)C)C3)CC2)cc2c1O[C@H](C)c1c(N3CCS(=O)(=O)CC3)ncnc1N2C(=O)OC(C)(C)C. The van der Waals surface area contributed by atoms with E-state index in [2.05, 4.69) is 27.9 Å². The van der Waals surface area contributed by atoms with Gasteiger partial charge < -0.3 is 24.0 Å². The van der Waals surface area contributed by atoms with Crippen molar-refractivity contribution in [1.29, 1.82) is 0 Å². The summed E-state index contributed by atoms with van der Waals surface area (Å²) in [5.41, 5.74) is 1.75. The van der Waals surface area contributed by atoms with Crippen LogP contribution in [0.4, 0.5) is 26.9 Å². The monoisotopic (exact) mass is 726 g/mol. The molecule has 4 aliphatic rings. The highest BCUT2D eigenvalue weighted by Gasteiger charge is 2.44. The number of carbonyl (C=O) groups excluding carboxylic acids is 2. The van der Waals surface area contributed by atoms with E-state index in [0.29, 0.717) is 41.7 Å². The number of sulfone groups is 1. The number of amides is 2. The van der Waals surface area contributed by atoms with Crippen LogP contribution < -0.4 is 14.5 Å². The summed E-state index contributed by atoms with van der Waals surface area (Å²) in [4.78, 5) is 44.1. The van der Waals surface area contributed by atoms with Crippen molar-refractivity contribution in [1.82, 2.24) is 19.8 Å². The first-order valence-corrected chi connectivity index (χ1v) is 19.9. The van der Waals surface area contributed by atoms with E-state index in [-0.39, 0.29) is 42.1 Å². The molecule has 0 spiro atoms. The van der Waals surface area contributed by atoms with Gasteiger partial charge in [-0.15, -0.1) is 0 Å². The van der Waals surface area contributed by atoms with Gasteiger partial charge >= 0.3 is 12.2 Å². The second-order valence-corrected chi connectivity index (χ2v) is 19.0. The summed E-state index contributed by atoms with van der Waals surface area (Å²) in [5, 5.41) is 0. The van der Waals surface area contributed by atoms with Gasteiger partial charge in [0.2, 0.25) is 0 Å². The number of aryl methyl sites for hydroxylation is 1. The van der Waals surface area contributed by atoms with Crippen molar-refractivity contribution in [2.45, 2.75) is 110 Å². The number of nitrogens with zero attached hydrogens (tertiary/aromatic N) is 6. The van der Waals surface area contributed by atoms with Crippen molar-refractivity contribution in [3.05, 3.63) is 35.2 Å². The van der Waals surface area contributed by atoms with Crippen molar-refractivity contribution in [2.24, 2.45) is 0 Å². The third-order valence-electron chi connectivity index (χ3n) is 10.3. The summed E-state index contributed by atoms with van der Waals surface area (Å²) in [6.07, 6.45) is 2.79. The molecule has 1 aromatic carbocycles. The highest BCUT2D eigenvalue weighted by Crippen LogP contribution is 2.49. The van der Waals surface area contributed by atoms with E-state index in [1.165, 1.54) is 11.2 Å². The largest absolute Gasteiger partial charge is 0.483 e. The van der Waals surface area contributed by atoms with Gasteiger partial charge in [0.25, 0.3) is 0 Å². The molecule has 0 radical (unpaired) electrons. The zero-order valence-corrected chi connectivity index (χ0v) is 32.4. The number of aromatic nitrogens is 2. The number of hydrogen-bond acceptors (Lipinski definition) is 11. The maximum atomic E-state index is 14.2. The molecule has 2 amide bonds. The molecule has 0 bridgehead atoms. The van der Waals surface area contributed by atoms with Crippen LogP contribution in [0.3, 0.4) is 0 Å². The van der Waals surface area contributed by atoms with Crippen LogP contribution in [0.25, 0.3) is 0 Å². The smallest absolute Gasteiger partial charge is 0.420 e. The number of fused-ring (bicyclic) bond motifs is 2. The summed E-state index contributed by atoms with van der Waals surface area (Å²) in [7, 11) is -3.12. The molecule has 4 aliphatic heterocycles. The summed E-state index contributed by atoms with van der Waals surface area (Å²) < 4.78 is 42.8. The lowest BCUT2D eigenvalue weighted by atomic mass is 9.85. The molecule has 0 N–H and O–H groups in total. The van der Waals surface area contributed by atoms with Crippen molar-refractivity contribution < 1.29 is 32.2 Å². The van der Waals surface area contributed by atoms with Crippen LogP contribution in [0, 0.1) is 6.92 Å². The number of hydrogen-bond donors (Lipinski definition) is 0. The first-order chi connectivity index (χ1) is 23.7. The third-order valence-corrected chi connectivity index (χ3v) is 11.9. The zero-order valence-electron chi connectivity index (χ0n) is 31.6. The lowest BCUT2D eigenvalue weighted by Crippen LogP contribution is -2.52. The summed E-state index contributed by atoms with van der Waals surface area (Å²) in [5.74, 6) is 1.79. The van der Waals surface area contributed by atoms with Crippen molar-refractivity contribution in [3.8, 4) is 5.75 Å². The quantitative estimate of drug-likeness (QED) is 0.362. The van der Waals surface area contributed by atoms with Crippen LogP contribution in [0.2, 0.25) is 0 Å². The lowest BCUT2D eigenvalue weighted by molar-refractivity contribution is 0.0229. The van der Waals surface area contributed by atoms with Gasteiger partial charge in [0, 0.05) is 31.7 Å². The molecule has 0 aliphatic carbocycles. The Balaban J connectivity index is 1.29. The number of piperidine rings is 1. The number of benzene rings is 1. The molecule has 3 fully saturated rings. The van der Waals surface area contributed by atoms with E-state index in [1.54, 1.807) is 0 Å². The van der Waals surface area contributed by atoms with Crippen LogP contribution in [0.1, 0.15) is 103 Å². The molecule has 2 atom stereocenters. The van der Waals surface area contributed by atoms with Crippen LogP contribution in [-0.4, -0.2) is 108 Å². The minimum absolute atomic E-state index is 0.0272. The maximum absolute atomic E-state index is 14.2. The van der Waals surface area contributed by atoms with Gasteiger partial charge in [-0.25, -0.2) is 32.9 Å². The highest BCUT2D eigenvalue weighted by atomic mass is 32.2. The normalized spacial score (nSPS) is 24.3. The molecular formula is C37H54N6O7S. The van der Waals surface area contributed by atoms with E-state index in [9.17, 15) is 18.0 Å². The van der Waals surface area contributed by atoms with Gasteiger partial charge in [0.05, 0.1) is 22.8 Å². The molecule has 51 heavy (non-hydrogen) atoms. The van der Waals surface area contributed by atoms with E-state index >= 15 is 0 Å². The molecule has 6 rings (SSSR count). The second kappa shape index (κ2) is 13.4. The average molecular weight is 727 g/mol. The molecule has 1 aromatic heterocycles. The van der Waals surface area contributed by atoms with Crippen LogP contribution in [0.15, 0.2) is 18.5 Å².